The topological polar surface area (TPSA) is 107 Å². The summed E-state index contributed by atoms with van der Waals surface area (Å²) in [6, 6.07) is 2.46. The lowest BCUT2D eigenvalue weighted by Gasteiger charge is -2.17. The van der Waals surface area contributed by atoms with Crippen molar-refractivity contribution < 1.29 is 19.5 Å². The molecule has 1 aromatic rings. The van der Waals surface area contributed by atoms with Crippen LogP contribution in [0.1, 0.15) is 6.42 Å². The summed E-state index contributed by atoms with van der Waals surface area (Å²) in [5, 5.41) is 22.8. The van der Waals surface area contributed by atoms with Gasteiger partial charge >= 0.3 is 5.69 Å². The summed E-state index contributed by atoms with van der Waals surface area (Å²) in [6.07, 6.45) is 0.393. The number of aromatic nitrogens is 1. The fourth-order valence-corrected chi connectivity index (χ4v) is 1.55. The molecule has 1 heterocycles. The van der Waals surface area contributed by atoms with Crippen LogP contribution in [0.25, 0.3) is 0 Å². The zero-order valence-corrected chi connectivity index (χ0v) is 10.8. The van der Waals surface area contributed by atoms with Crippen LogP contribution in [0.5, 0.6) is 5.88 Å². The first kappa shape index (κ1) is 15.1. The molecular weight excluding hydrogens is 254 g/mol. The molecule has 1 aromatic heterocycles. The van der Waals surface area contributed by atoms with Crippen LogP contribution in [0.2, 0.25) is 0 Å². The van der Waals surface area contributed by atoms with Gasteiger partial charge in [0.2, 0.25) is 11.7 Å². The van der Waals surface area contributed by atoms with Gasteiger partial charge in [-0.15, -0.1) is 0 Å². The van der Waals surface area contributed by atoms with E-state index in [4.69, 9.17) is 14.6 Å². The van der Waals surface area contributed by atoms with Gasteiger partial charge in [-0.05, 0) is 6.42 Å². The van der Waals surface area contributed by atoms with Gasteiger partial charge < -0.3 is 19.9 Å². The van der Waals surface area contributed by atoms with E-state index in [9.17, 15) is 10.1 Å². The Morgan fingerprint density at radius 1 is 1.53 bits per heavy atom. The minimum absolute atomic E-state index is 0.0568. The molecular formula is C11H17N3O5. The highest BCUT2D eigenvalue weighted by Crippen LogP contribution is 2.25. The zero-order valence-electron chi connectivity index (χ0n) is 10.8. The van der Waals surface area contributed by atoms with E-state index < -0.39 is 4.92 Å². The van der Waals surface area contributed by atoms with Gasteiger partial charge in [0.05, 0.1) is 24.7 Å². The van der Waals surface area contributed by atoms with Gasteiger partial charge in [-0.2, -0.15) is 4.98 Å². The maximum atomic E-state index is 10.9. The van der Waals surface area contributed by atoms with Crippen LogP contribution in [-0.2, 0) is 4.74 Å². The number of aliphatic hydroxyl groups excluding tert-OH is 1. The summed E-state index contributed by atoms with van der Waals surface area (Å²) < 4.78 is 9.92. The summed E-state index contributed by atoms with van der Waals surface area (Å²) in [5.41, 5.74) is -0.153. The average Bonchev–Trinajstić information content (AvgIpc) is 2.38. The Labute approximate surface area is 110 Å². The molecule has 0 aromatic carbocycles. The standard InChI is InChI=1S/C11H17N3O5/c1-18-7-8(5-6-15)12-11-9(14(16)17)3-4-10(13-11)19-2/h3-4,8,15H,5-7H2,1-2H3,(H,12,13). The van der Waals surface area contributed by atoms with Gasteiger partial charge in [0.1, 0.15) is 0 Å². The number of methoxy groups -OCH3 is 2. The van der Waals surface area contributed by atoms with Gasteiger partial charge in [-0.3, -0.25) is 10.1 Å². The van der Waals surface area contributed by atoms with E-state index >= 15 is 0 Å². The smallest absolute Gasteiger partial charge is 0.311 e. The van der Waals surface area contributed by atoms with Crippen LogP contribution in [0, 0.1) is 10.1 Å². The lowest BCUT2D eigenvalue weighted by molar-refractivity contribution is -0.384. The molecule has 0 bridgehead atoms. The van der Waals surface area contributed by atoms with Crippen molar-refractivity contribution in [2.24, 2.45) is 0 Å². The average molecular weight is 271 g/mol. The van der Waals surface area contributed by atoms with Crippen molar-refractivity contribution in [2.45, 2.75) is 12.5 Å². The first-order chi connectivity index (χ1) is 9.12. The molecule has 0 aliphatic rings. The number of aliphatic hydroxyl groups is 1. The Morgan fingerprint density at radius 3 is 2.79 bits per heavy atom. The Hall–Kier alpha value is -1.93. The Bertz CT molecular complexity index is 421. The molecule has 0 fully saturated rings. The van der Waals surface area contributed by atoms with Crippen molar-refractivity contribution in [3.63, 3.8) is 0 Å². The van der Waals surface area contributed by atoms with Crippen LogP contribution in [0.4, 0.5) is 11.5 Å². The summed E-state index contributed by atoms with van der Waals surface area (Å²) in [6.45, 7) is 0.245. The molecule has 0 amide bonds. The largest absolute Gasteiger partial charge is 0.481 e. The van der Waals surface area contributed by atoms with Crippen molar-refractivity contribution in [1.29, 1.82) is 0 Å². The van der Waals surface area contributed by atoms with Crippen LogP contribution >= 0.6 is 0 Å². The number of anilines is 1. The summed E-state index contributed by atoms with van der Waals surface area (Å²) >= 11 is 0. The molecule has 8 heteroatoms. The van der Waals surface area contributed by atoms with Gasteiger partial charge in [0.25, 0.3) is 0 Å². The second-order valence-electron chi connectivity index (χ2n) is 3.79. The normalized spacial score (nSPS) is 11.9. The molecule has 0 radical (unpaired) electrons. The number of pyridine rings is 1. The highest BCUT2D eigenvalue weighted by atomic mass is 16.6. The number of ether oxygens (including phenoxy) is 2. The van der Waals surface area contributed by atoms with Gasteiger partial charge in [0, 0.05) is 25.8 Å². The second kappa shape index (κ2) is 7.49. The molecule has 1 rings (SSSR count). The molecule has 19 heavy (non-hydrogen) atoms. The van der Waals surface area contributed by atoms with Crippen LogP contribution in [0.15, 0.2) is 12.1 Å². The van der Waals surface area contributed by atoms with Crippen molar-refractivity contribution in [1.82, 2.24) is 4.98 Å². The lowest BCUT2D eigenvalue weighted by Crippen LogP contribution is -2.27. The number of rotatable bonds is 8. The quantitative estimate of drug-likeness (QED) is 0.532. The molecule has 0 saturated carbocycles. The van der Waals surface area contributed by atoms with Gasteiger partial charge in [0.15, 0.2) is 0 Å². The first-order valence-corrected chi connectivity index (χ1v) is 5.68. The molecule has 0 spiro atoms. The minimum Gasteiger partial charge on any atom is -0.481 e. The highest BCUT2D eigenvalue weighted by Gasteiger charge is 2.19. The molecule has 0 aliphatic carbocycles. The SMILES string of the molecule is COCC(CCO)Nc1nc(OC)ccc1[N+](=O)[O-]. The van der Waals surface area contributed by atoms with Crippen molar-refractivity contribution in [3.05, 3.63) is 22.2 Å². The predicted molar refractivity (Wildman–Crippen MR) is 68.4 cm³/mol. The summed E-state index contributed by atoms with van der Waals surface area (Å²) in [5.74, 6) is 0.369. The minimum atomic E-state index is -0.530. The van der Waals surface area contributed by atoms with Crippen LogP contribution in [-0.4, -0.2) is 48.5 Å². The van der Waals surface area contributed by atoms with E-state index in [1.165, 1.54) is 26.4 Å². The molecule has 0 aliphatic heterocycles. The summed E-state index contributed by atoms with van der Waals surface area (Å²) in [7, 11) is 2.94. The molecule has 8 nitrogen and oxygen atoms in total. The molecule has 2 N–H and O–H groups in total. The molecule has 1 unspecified atom stereocenters. The number of nitrogens with one attached hydrogen (secondary N) is 1. The van der Waals surface area contributed by atoms with Crippen molar-refractivity contribution in [3.8, 4) is 5.88 Å². The van der Waals surface area contributed by atoms with Crippen LogP contribution < -0.4 is 10.1 Å². The fourth-order valence-electron chi connectivity index (χ4n) is 1.55. The molecule has 1 atom stereocenters. The fraction of sp³-hybridized carbons (Fsp3) is 0.545. The maximum Gasteiger partial charge on any atom is 0.311 e. The number of nitro groups is 1. The Morgan fingerprint density at radius 2 is 2.26 bits per heavy atom. The van der Waals surface area contributed by atoms with E-state index in [1.807, 2.05) is 0 Å². The first-order valence-electron chi connectivity index (χ1n) is 5.68. The maximum absolute atomic E-state index is 10.9. The third kappa shape index (κ3) is 4.34. The van der Waals surface area contributed by atoms with E-state index in [0.29, 0.717) is 13.0 Å². The summed E-state index contributed by atoms with van der Waals surface area (Å²) in [4.78, 5) is 14.4. The van der Waals surface area contributed by atoms with Gasteiger partial charge in [-0.25, -0.2) is 0 Å². The molecule has 0 saturated heterocycles. The Kier molecular flexibility index (Phi) is 5.97. The van der Waals surface area contributed by atoms with Gasteiger partial charge in [-0.1, -0.05) is 0 Å². The number of nitrogens with zero attached hydrogens (tertiary/aromatic N) is 2. The highest BCUT2D eigenvalue weighted by molar-refractivity contribution is 5.57. The van der Waals surface area contributed by atoms with E-state index in [2.05, 4.69) is 10.3 Å². The third-order valence-corrected chi connectivity index (χ3v) is 2.44. The van der Waals surface area contributed by atoms with Crippen molar-refractivity contribution >= 4 is 11.5 Å². The monoisotopic (exact) mass is 271 g/mol. The second-order valence-corrected chi connectivity index (χ2v) is 3.79. The Balaban J connectivity index is 2.97. The zero-order chi connectivity index (χ0) is 14.3. The molecule has 106 valence electrons. The van der Waals surface area contributed by atoms with Crippen molar-refractivity contribution in [2.75, 3.05) is 32.8 Å². The van der Waals surface area contributed by atoms with E-state index in [1.54, 1.807) is 0 Å². The predicted octanol–water partition coefficient (Wildman–Crippen LogP) is 0.808. The van der Waals surface area contributed by atoms with E-state index in [0.717, 1.165) is 0 Å². The third-order valence-electron chi connectivity index (χ3n) is 2.44. The number of hydrogen-bond acceptors (Lipinski definition) is 7. The van der Waals surface area contributed by atoms with Crippen LogP contribution in [0.3, 0.4) is 0 Å². The van der Waals surface area contributed by atoms with E-state index in [-0.39, 0.29) is 30.0 Å². The number of hydrogen-bond donors (Lipinski definition) is 2. The lowest BCUT2D eigenvalue weighted by atomic mass is 10.2.